The predicted octanol–water partition coefficient (Wildman–Crippen LogP) is 2.52. The van der Waals surface area contributed by atoms with Crippen molar-refractivity contribution < 1.29 is 12.8 Å². The molecule has 1 atom stereocenters. The number of nitrogens with zero attached hydrogens (tertiary/aromatic N) is 4. The highest BCUT2D eigenvalue weighted by Gasteiger charge is 2.39. The number of hydrogen-bond acceptors (Lipinski definition) is 4. The lowest BCUT2D eigenvalue weighted by Gasteiger charge is -2.24. The van der Waals surface area contributed by atoms with Crippen LogP contribution in [0.4, 0.5) is 4.39 Å². The Balaban J connectivity index is 2.02. The minimum Gasteiger partial charge on any atom is -0.314 e. The Morgan fingerprint density at radius 1 is 1.30 bits per heavy atom. The molecule has 0 bridgehead atoms. The van der Waals surface area contributed by atoms with Crippen LogP contribution >= 0.6 is 0 Å². The average molecular weight is 338 g/mol. The van der Waals surface area contributed by atoms with Crippen LogP contribution in [0.15, 0.2) is 35.5 Å². The third-order valence-electron chi connectivity index (χ3n) is 4.08. The van der Waals surface area contributed by atoms with Crippen molar-refractivity contribution in [3.8, 4) is 0 Å². The molecule has 0 saturated carbocycles. The molecule has 3 rings (SSSR count). The SMILES string of the molecule is CC(C)n1cnnc1C1CCCN1S(=O)(=O)c1ccccc1F. The molecule has 0 spiro atoms. The second kappa shape index (κ2) is 6.01. The minimum atomic E-state index is -3.91. The molecular formula is C15H19FN4O2S. The minimum absolute atomic E-state index is 0.124. The highest BCUT2D eigenvalue weighted by Crippen LogP contribution is 2.36. The number of hydrogen-bond donors (Lipinski definition) is 0. The normalized spacial score (nSPS) is 19.6. The second-order valence-corrected chi connectivity index (χ2v) is 7.75. The van der Waals surface area contributed by atoms with E-state index < -0.39 is 21.9 Å². The molecule has 0 radical (unpaired) electrons. The summed E-state index contributed by atoms with van der Waals surface area (Å²) in [5.74, 6) is -0.124. The van der Waals surface area contributed by atoms with Crippen LogP contribution in [0.5, 0.6) is 0 Å². The zero-order valence-electron chi connectivity index (χ0n) is 13.1. The standard InChI is InChI=1S/C15H19FN4O2S/c1-11(2)19-10-17-18-15(19)13-7-5-9-20(13)23(21,22)14-8-4-3-6-12(14)16/h3-4,6,8,10-11,13H,5,7,9H2,1-2H3. The first-order valence-electron chi connectivity index (χ1n) is 7.58. The van der Waals surface area contributed by atoms with Gasteiger partial charge in [-0.05, 0) is 38.8 Å². The summed E-state index contributed by atoms with van der Waals surface area (Å²) in [6.45, 7) is 4.32. The van der Waals surface area contributed by atoms with Crippen molar-refractivity contribution in [3.63, 3.8) is 0 Å². The van der Waals surface area contributed by atoms with Crippen LogP contribution in [0.25, 0.3) is 0 Å². The summed E-state index contributed by atoms with van der Waals surface area (Å²) in [5.41, 5.74) is 0. The maximum absolute atomic E-state index is 14.0. The average Bonchev–Trinajstić information content (AvgIpc) is 3.16. The number of rotatable bonds is 4. The molecule has 1 unspecified atom stereocenters. The van der Waals surface area contributed by atoms with Gasteiger partial charge in [0.1, 0.15) is 17.0 Å². The van der Waals surface area contributed by atoms with Crippen LogP contribution in [0.1, 0.15) is 44.6 Å². The molecule has 124 valence electrons. The first-order chi connectivity index (χ1) is 10.9. The van der Waals surface area contributed by atoms with Crippen molar-refractivity contribution in [1.82, 2.24) is 19.1 Å². The summed E-state index contributed by atoms with van der Waals surface area (Å²) in [5, 5.41) is 8.02. The van der Waals surface area contributed by atoms with Gasteiger partial charge in [0.05, 0.1) is 6.04 Å². The largest absolute Gasteiger partial charge is 0.314 e. The van der Waals surface area contributed by atoms with Crippen molar-refractivity contribution >= 4 is 10.0 Å². The molecule has 1 aromatic heterocycles. The van der Waals surface area contributed by atoms with Gasteiger partial charge < -0.3 is 4.57 Å². The predicted molar refractivity (Wildman–Crippen MR) is 82.7 cm³/mol. The van der Waals surface area contributed by atoms with Gasteiger partial charge in [0.15, 0.2) is 5.82 Å². The lowest BCUT2D eigenvalue weighted by Crippen LogP contribution is -2.32. The Morgan fingerprint density at radius 2 is 2.04 bits per heavy atom. The lowest BCUT2D eigenvalue weighted by molar-refractivity contribution is 0.364. The van der Waals surface area contributed by atoms with Crippen LogP contribution in [0, 0.1) is 5.82 Å². The van der Waals surface area contributed by atoms with E-state index in [0.717, 1.165) is 6.07 Å². The van der Waals surface area contributed by atoms with Gasteiger partial charge in [-0.3, -0.25) is 0 Å². The van der Waals surface area contributed by atoms with Crippen LogP contribution in [-0.2, 0) is 10.0 Å². The molecule has 1 aliphatic heterocycles. The highest BCUT2D eigenvalue weighted by molar-refractivity contribution is 7.89. The number of halogens is 1. The molecule has 0 N–H and O–H groups in total. The van der Waals surface area contributed by atoms with Gasteiger partial charge in [0, 0.05) is 12.6 Å². The van der Waals surface area contributed by atoms with Gasteiger partial charge in [-0.1, -0.05) is 12.1 Å². The van der Waals surface area contributed by atoms with Crippen molar-refractivity contribution in [2.24, 2.45) is 0 Å². The van der Waals surface area contributed by atoms with Crippen molar-refractivity contribution in [2.75, 3.05) is 6.54 Å². The van der Waals surface area contributed by atoms with E-state index in [1.165, 1.54) is 22.5 Å². The third-order valence-corrected chi connectivity index (χ3v) is 6.02. The molecule has 1 fully saturated rings. The van der Waals surface area contributed by atoms with Gasteiger partial charge in [-0.15, -0.1) is 10.2 Å². The zero-order valence-corrected chi connectivity index (χ0v) is 13.9. The lowest BCUT2D eigenvalue weighted by atomic mass is 10.2. The van der Waals surface area contributed by atoms with Crippen LogP contribution in [0.2, 0.25) is 0 Å². The fourth-order valence-corrected chi connectivity index (χ4v) is 4.68. The highest BCUT2D eigenvalue weighted by atomic mass is 32.2. The van der Waals surface area contributed by atoms with Gasteiger partial charge in [0.25, 0.3) is 0 Å². The van der Waals surface area contributed by atoms with Gasteiger partial charge >= 0.3 is 0 Å². The van der Waals surface area contributed by atoms with Crippen LogP contribution in [0.3, 0.4) is 0 Å². The molecule has 6 nitrogen and oxygen atoms in total. The zero-order chi connectivity index (χ0) is 16.6. The van der Waals surface area contributed by atoms with Gasteiger partial charge in [-0.25, -0.2) is 12.8 Å². The topological polar surface area (TPSA) is 68.1 Å². The molecule has 1 aliphatic rings. The van der Waals surface area contributed by atoms with Crippen LogP contribution < -0.4 is 0 Å². The molecule has 2 heterocycles. The van der Waals surface area contributed by atoms with E-state index in [4.69, 9.17) is 0 Å². The number of benzene rings is 1. The van der Waals surface area contributed by atoms with E-state index >= 15 is 0 Å². The van der Waals surface area contributed by atoms with Crippen molar-refractivity contribution in [2.45, 2.75) is 43.7 Å². The molecule has 23 heavy (non-hydrogen) atoms. The number of aromatic nitrogens is 3. The monoisotopic (exact) mass is 338 g/mol. The summed E-state index contributed by atoms with van der Waals surface area (Å²) >= 11 is 0. The van der Waals surface area contributed by atoms with E-state index in [-0.39, 0.29) is 10.9 Å². The number of sulfonamides is 1. The maximum Gasteiger partial charge on any atom is 0.246 e. The Bertz CT molecular complexity index is 803. The fraction of sp³-hybridized carbons (Fsp3) is 0.467. The summed E-state index contributed by atoms with van der Waals surface area (Å²) in [6, 6.07) is 5.17. The Labute approximate surface area is 135 Å². The summed E-state index contributed by atoms with van der Waals surface area (Å²) in [4.78, 5) is -0.289. The van der Waals surface area contributed by atoms with Crippen LogP contribution in [-0.4, -0.2) is 34.0 Å². The molecular weight excluding hydrogens is 319 g/mol. The Hall–Kier alpha value is -1.80. The third kappa shape index (κ3) is 2.76. The smallest absolute Gasteiger partial charge is 0.246 e. The summed E-state index contributed by atoms with van der Waals surface area (Å²) in [6.07, 6.45) is 2.97. The van der Waals surface area contributed by atoms with E-state index in [2.05, 4.69) is 10.2 Å². The first kappa shape index (κ1) is 16.1. The first-order valence-corrected chi connectivity index (χ1v) is 9.02. The van der Waals surface area contributed by atoms with Gasteiger partial charge in [0.2, 0.25) is 10.0 Å². The molecule has 1 saturated heterocycles. The summed E-state index contributed by atoms with van der Waals surface area (Å²) in [7, 11) is -3.91. The molecule has 0 aliphatic carbocycles. The van der Waals surface area contributed by atoms with E-state index in [0.29, 0.717) is 25.2 Å². The van der Waals surface area contributed by atoms with E-state index in [1.54, 1.807) is 6.33 Å². The fourth-order valence-electron chi connectivity index (χ4n) is 2.95. The molecule has 1 aromatic carbocycles. The Kier molecular flexibility index (Phi) is 4.20. The second-order valence-electron chi connectivity index (χ2n) is 5.89. The quantitative estimate of drug-likeness (QED) is 0.859. The molecule has 8 heteroatoms. The van der Waals surface area contributed by atoms with E-state index in [1.807, 2.05) is 18.4 Å². The molecule has 0 amide bonds. The summed E-state index contributed by atoms with van der Waals surface area (Å²) < 4.78 is 42.9. The maximum atomic E-state index is 14.0. The molecule has 2 aromatic rings. The van der Waals surface area contributed by atoms with Crippen molar-refractivity contribution in [3.05, 3.63) is 42.2 Å². The van der Waals surface area contributed by atoms with Crippen molar-refractivity contribution in [1.29, 1.82) is 0 Å². The van der Waals surface area contributed by atoms with Gasteiger partial charge in [-0.2, -0.15) is 4.31 Å². The Morgan fingerprint density at radius 3 is 2.74 bits per heavy atom. The van der Waals surface area contributed by atoms with E-state index in [9.17, 15) is 12.8 Å².